The summed E-state index contributed by atoms with van der Waals surface area (Å²) in [4.78, 5) is 74.4. The normalized spacial score (nSPS) is 25.2. The number of likely N-dealkylation sites (N-methyl/N-ethyl adjacent to an activating group) is 1. The molecule has 4 amide bonds. The molecule has 2 aliphatic heterocycles. The molecule has 5 rings (SSSR count). The molecule has 58 heavy (non-hydrogen) atoms. The number of hydrogen-bond acceptors (Lipinski definition) is 12. The Balaban J connectivity index is 1.49. The molecule has 0 bridgehead atoms. The summed E-state index contributed by atoms with van der Waals surface area (Å²) >= 11 is 0. The number of esters is 2. The zero-order valence-electron chi connectivity index (χ0n) is 34.5. The van der Waals surface area contributed by atoms with Crippen molar-refractivity contribution in [1.29, 1.82) is 0 Å². The SMILES string of the molecule is COC(=O)c1cc(O[C@@H]2C[C@H]3C(=O)N[C@]4(C(=O)OC)CC4/C=C\CCCCC[C@H](NC(=O)N[C@H](CN(C)S(C)(=O)=O)C(C)(C)C)C(=O)N3C2)c2ccc(OC)cc2n1. The van der Waals surface area contributed by atoms with Crippen molar-refractivity contribution in [2.75, 3.05) is 47.7 Å². The van der Waals surface area contributed by atoms with Crippen molar-refractivity contribution >= 4 is 50.7 Å². The maximum atomic E-state index is 14.7. The Bertz CT molecular complexity index is 2040. The summed E-state index contributed by atoms with van der Waals surface area (Å²) in [6, 6.07) is 3.00. The van der Waals surface area contributed by atoms with E-state index in [2.05, 4.69) is 20.9 Å². The third-order valence-corrected chi connectivity index (χ3v) is 12.4. The molecule has 18 heteroatoms. The lowest BCUT2D eigenvalue weighted by Gasteiger charge is -2.35. The predicted octanol–water partition coefficient (Wildman–Crippen LogP) is 2.92. The lowest BCUT2D eigenvalue weighted by molar-refractivity contribution is -0.148. The molecule has 17 nitrogen and oxygen atoms in total. The number of aromatic nitrogens is 1. The summed E-state index contributed by atoms with van der Waals surface area (Å²) in [6.07, 6.45) is 7.62. The summed E-state index contributed by atoms with van der Waals surface area (Å²) in [7, 11) is 1.87. The molecule has 1 aromatic heterocycles. The molecule has 0 spiro atoms. The summed E-state index contributed by atoms with van der Waals surface area (Å²) in [5, 5.41) is 9.18. The van der Waals surface area contributed by atoms with E-state index in [4.69, 9.17) is 18.9 Å². The fourth-order valence-electron chi connectivity index (χ4n) is 7.39. The minimum Gasteiger partial charge on any atom is -0.497 e. The Labute approximate surface area is 339 Å². The van der Waals surface area contributed by atoms with E-state index in [0.717, 1.165) is 29.8 Å². The van der Waals surface area contributed by atoms with Crippen LogP contribution in [0.4, 0.5) is 4.79 Å². The van der Waals surface area contributed by atoms with Crippen LogP contribution in [0.1, 0.15) is 76.2 Å². The van der Waals surface area contributed by atoms with Gasteiger partial charge < -0.3 is 39.8 Å². The van der Waals surface area contributed by atoms with Gasteiger partial charge in [0, 0.05) is 49.5 Å². The number of methoxy groups -OCH3 is 3. The Hall–Kier alpha value is -4.97. The first-order valence-electron chi connectivity index (χ1n) is 19.4. The van der Waals surface area contributed by atoms with Crippen molar-refractivity contribution in [2.45, 2.75) is 95.5 Å². The monoisotopic (exact) mass is 828 g/mol. The third-order valence-electron chi connectivity index (χ3n) is 11.1. The molecule has 2 aromatic rings. The molecule has 3 heterocycles. The van der Waals surface area contributed by atoms with Gasteiger partial charge >= 0.3 is 18.0 Å². The first kappa shape index (κ1) is 44.1. The van der Waals surface area contributed by atoms with Gasteiger partial charge in [-0.15, -0.1) is 0 Å². The van der Waals surface area contributed by atoms with Crippen molar-refractivity contribution in [3.8, 4) is 11.5 Å². The summed E-state index contributed by atoms with van der Waals surface area (Å²) in [5.41, 5.74) is -1.51. The summed E-state index contributed by atoms with van der Waals surface area (Å²) < 4.78 is 47.6. The van der Waals surface area contributed by atoms with Crippen molar-refractivity contribution < 1.29 is 51.3 Å². The maximum Gasteiger partial charge on any atom is 0.356 e. The van der Waals surface area contributed by atoms with E-state index in [-0.39, 0.29) is 43.3 Å². The number of urea groups is 1. The Morgan fingerprint density at radius 1 is 1.09 bits per heavy atom. The van der Waals surface area contributed by atoms with Crippen LogP contribution in [0, 0.1) is 11.3 Å². The lowest BCUT2D eigenvalue weighted by atomic mass is 9.87. The first-order chi connectivity index (χ1) is 27.3. The number of hydrogen-bond donors (Lipinski definition) is 3. The van der Waals surface area contributed by atoms with E-state index in [1.807, 2.05) is 32.9 Å². The van der Waals surface area contributed by atoms with Crippen LogP contribution < -0.4 is 25.4 Å². The summed E-state index contributed by atoms with van der Waals surface area (Å²) in [6.45, 7) is 5.52. The molecular formula is C40H56N6O11S. The molecule has 6 atom stereocenters. The van der Waals surface area contributed by atoms with Crippen molar-refractivity contribution in [3.05, 3.63) is 42.1 Å². The number of pyridine rings is 1. The van der Waals surface area contributed by atoms with E-state index in [1.165, 1.54) is 39.3 Å². The zero-order chi connectivity index (χ0) is 42.6. The van der Waals surface area contributed by atoms with Gasteiger partial charge in [0.25, 0.3) is 0 Å². The number of sulfonamides is 1. The van der Waals surface area contributed by atoms with Crippen LogP contribution in [0.15, 0.2) is 36.4 Å². The van der Waals surface area contributed by atoms with Gasteiger partial charge in [-0.25, -0.2) is 32.1 Å². The molecular weight excluding hydrogens is 773 g/mol. The molecule has 1 unspecified atom stereocenters. The van der Waals surface area contributed by atoms with Crippen LogP contribution in [0.2, 0.25) is 0 Å². The highest BCUT2D eigenvalue weighted by atomic mass is 32.2. The van der Waals surface area contributed by atoms with Crippen LogP contribution in [0.3, 0.4) is 0 Å². The quantitative estimate of drug-likeness (QED) is 0.233. The number of nitrogens with zero attached hydrogens (tertiary/aromatic N) is 3. The minimum absolute atomic E-state index is 0.00566. The predicted molar refractivity (Wildman–Crippen MR) is 214 cm³/mol. The van der Waals surface area contributed by atoms with E-state index in [9.17, 15) is 32.4 Å². The molecule has 1 saturated heterocycles. The van der Waals surface area contributed by atoms with E-state index in [1.54, 1.807) is 18.2 Å². The second kappa shape index (κ2) is 17.9. The number of fused-ring (bicyclic) bond motifs is 3. The largest absolute Gasteiger partial charge is 0.497 e. The average molecular weight is 829 g/mol. The number of carbonyl (C=O) groups excluding carboxylic acids is 5. The second-order valence-electron chi connectivity index (χ2n) is 16.3. The molecule has 2 fully saturated rings. The number of benzene rings is 1. The fourth-order valence-corrected chi connectivity index (χ4v) is 7.81. The molecule has 0 radical (unpaired) electrons. The molecule has 1 saturated carbocycles. The molecule has 318 valence electrons. The van der Waals surface area contributed by atoms with Crippen LogP contribution >= 0.6 is 0 Å². The van der Waals surface area contributed by atoms with Crippen molar-refractivity contribution in [1.82, 2.24) is 30.1 Å². The van der Waals surface area contributed by atoms with Gasteiger partial charge in [0.2, 0.25) is 21.8 Å². The topological polar surface area (TPSA) is 212 Å². The van der Waals surface area contributed by atoms with Crippen molar-refractivity contribution in [2.24, 2.45) is 11.3 Å². The number of ether oxygens (including phenoxy) is 4. The van der Waals surface area contributed by atoms with Gasteiger partial charge in [-0.2, -0.15) is 0 Å². The van der Waals surface area contributed by atoms with E-state index in [0.29, 0.717) is 29.5 Å². The molecule has 3 N–H and O–H groups in total. The second-order valence-corrected chi connectivity index (χ2v) is 18.4. The van der Waals surface area contributed by atoms with Gasteiger partial charge in [-0.1, -0.05) is 45.8 Å². The van der Waals surface area contributed by atoms with Crippen LogP contribution in [0.5, 0.6) is 11.5 Å². The van der Waals surface area contributed by atoms with E-state index < -0.39 is 75.0 Å². The van der Waals surface area contributed by atoms with Crippen molar-refractivity contribution in [3.63, 3.8) is 0 Å². The van der Waals surface area contributed by atoms with Gasteiger partial charge in [0.15, 0.2) is 5.69 Å². The smallest absolute Gasteiger partial charge is 0.356 e. The van der Waals surface area contributed by atoms with Gasteiger partial charge in [-0.3, -0.25) is 9.59 Å². The number of amides is 4. The summed E-state index contributed by atoms with van der Waals surface area (Å²) in [5.74, 6) is -1.96. The van der Waals surface area contributed by atoms with Crippen LogP contribution in [-0.4, -0.2) is 130 Å². The molecule has 1 aliphatic carbocycles. The standard InChI is InChI=1S/C40H56N6O11S/c1-39(2,3)33(23-45(4)58(8,52)53)43-38(51)42-28-15-13-11-9-10-12-14-24-21-40(24,37(50)56-7)44-34(47)31-19-26(22-46(31)35(28)48)57-32-20-30(36(49)55-6)41-29-18-25(54-5)16-17-27(29)32/h12,14,16-18,20,24,26,28,31,33H,9-11,13,15,19,21-23H2,1-8H3,(H,44,47)(H2,42,43,51)/b14-12-/t24?,26-,28+,31+,33-,40-/m1/s1. The highest BCUT2D eigenvalue weighted by Gasteiger charge is 2.62. The Morgan fingerprint density at radius 3 is 2.48 bits per heavy atom. The minimum atomic E-state index is -3.55. The zero-order valence-corrected chi connectivity index (χ0v) is 35.3. The lowest BCUT2D eigenvalue weighted by Crippen LogP contribution is -2.59. The Kier molecular flexibility index (Phi) is 13.6. The van der Waals surface area contributed by atoms with Gasteiger partial charge in [0.05, 0.1) is 39.6 Å². The van der Waals surface area contributed by atoms with Gasteiger partial charge in [0.1, 0.15) is 35.2 Å². The third kappa shape index (κ3) is 10.2. The average Bonchev–Trinajstić information content (AvgIpc) is 3.70. The number of nitrogens with one attached hydrogen (secondary N) is 3. The Morgan fingerprint density at radius 2 is 1.83 bits per heavy atom. The van der Waals surface area contributed by atoms with Crippen LogP contribution in [0.25, 0.3) is 10.9 Å². The number of carbonyl (C=O) groups is 5. The highest BCUT2D eigenvalue weighted by molar-refractivity contribution is 7.88. The van der Waals surface area contributed by atoms with Crippen LogP contribution in [-0.2, 0) is 33.9 Å². The molecule has 3 aliphatic rings. The fraction of sp³-hybridized carbons (Fsp3) is 0.600. The van der Waals surface area contributed by atoms with E-state index >= 15 is 0 Å². The maximum absolute atomic E-state index is 14.7. The number of allylic oxidation sites excluding steroid dienone is 1. The molecule has 1 aromatic carbocycles. The number of rotatable bonds is 10. The van der Waals surface area contributed by atoms with Gasteiger partial charge in [-0.05, 0) is 43.2 Å². The first-order valence-corrected chi connectivity index (χ1v) is 21.3. The highest BCUT2D eigenvalue weighted by Crippen LogP contribution is 2.46.